The Morgan fingerprint density at radius 2 is 1.94 bits per heavy atom. The molecule has 1 N–H and O–H groups in total. The van der Waals surface area contributed by atoms with Crippen molar-refractivity contribution in [3.8, 4) is 0 Å². The highest BCUT2D eigenvalue weighted by Crippen LogP contribution is 1.90. The summed E-state index contributed by atoms with van der Waals surface area (Å²) in [6, 6.07) is 0. The molecule has 0 rings (SSSR count). The zero-order valence-electron chi connectivity index (χ0n) is 11.1. The Kier molecular flexibility index (Phi) is 9.24. The van der Waals surface area contributed by atoms with Crippen molar-refractivity contribution in [2.75, 3.05) is 32.8 Å². The molecule has 96 valence electrons. The molecule has 0 aliphatic carbocycles. The van der Waals surface area contributed by atoms with Crippen LogP contribution in [0.1, 0.15) is 34.1 Å². The van der Waals surface area contributed by atoms with E-state index in [1.54, 1.807) is 0 Å². The predicted octanol–water partition coefficient (Wildman–Crippen LogP) is 1.26. The normalized spacial score (nSPS) is 11.1. The van der Waals surface area contributed by atoms with Crippen LogP contribution in [-0.4, -0.2) is 49.7 Å². The Bertz CT molecular complexity index is 180. The van der Waals surface area contributed by atoms with Gasteiger partial charge in [-0.3, -0.25) is 4.79 Å². The van der Waals surface area contributed by atoms with Gasteiger partial charge in [-0.25, -0.2) is 0 Å². The number of ether oxygens (including phenoxy) is 1. The molecule has 0 radical (unpaired) electrons. The quantitative estimate of drug-likeness (QED) is 0.648. The molecule has 0 aliphatic rings. The molecular weight excluding hydrogens is 204 g/mol. The van der Waals surface area contributed by atoms with Crippen molar-refractivity contribution in [3.05, 3.63) is 0 Å². The Balaban J connectivity index is 3.43. The molecule has 0 unspecified atom stereocenters. The van der Waals surface area contributed by atoms with Crippen LogP contribution in [0.15, 0.2) is 0 Å². The molecule has 0 aromatic rings. The number of carbonyl (C=O) groups is 1. The average molecular weight is 230 g/mol. The predicted molar refractivity (Wildman–Crippen MR) is 66.5 cm³/mol. The number of hydrogen-bond acceptors (Lipinski definition) is 3. The van der Waals surface area contributed by atoms with E-state index in [0.29, 0.717) is 13.0 Å². The lowest BCUT2D eigenvalue weighted by molar-refractivity contribution is -0.122. The van der Waals surface area contributed by atoms with Gasteiger partial charge < -0.3 is 15.0 Å². The zero-order valence-corrected chi connectivity index (χ0v) is 11.1. The number of carbonyl (C=O) groups excluding carboxylic acids is 1. The second-order valence-corrected chi connectivity index (χ2v) is 4.05. The third-order valence-electron chi connectivity index (χ3n) is 2.42. The first-order valence-corrected chi connectivity index (χ1v) is 6.20. The minimum Gasteiger partial charge on any atom is -0.378 e. The fourth-order valence-electron chi connectivity index (χ4n) is 1.37. The van der Waals surface area contributed by atoms with E-state index in [9.17, 15) is 4.79 Å². The molecule has 0 aliphatic heterocycles. The van der Waals surface area contributed by atoms with Crippen LogP contribution >= 0.6 is 0 Å². The van der Waals surface area contributed by atoms with Gasteiger partial charge in [-0.05, 0) is 26.9 Å². The van der Waals surface area contributed by atoms with E-state index in [0.717, 1.165) is 26.2 Å². The lowest BCUT2D eigenvalue weighted by Gasteiger charge is -2.18. The lowest BCUT2D eigenvalue weighted by Crippen LogP contribution is -2.35. The van der Waals surface area contributed by atoms with Crippen LogP contribution in [0.2, 0.25) is 0 Å². The Hall–Kier alpha value is -0.610. The summed E-state index contributed by atoms with van der Waals surface area (Å²) in [4.78, 5) is 13.7. The fourth-order valence-corrected chi connectivity index (χ4v) is 1.37. The van der Waals surface area contributed by atoms with Gasteiger partial charge in [0.15, 0.2) is 0 Å². The minimum absolute atomic E-state index is 0.0767. The smallest absolute Gasteiger partial charge is 0.222 e. The van der Waals surface area contributed by atoms with Gasteiger partial charge in [-0.2, -0.15) is 0 Å². The molecule has 16 heavy (non-hydrogen) atoms. The monoisotopic (exact) mass is 230 g/mol. The van der Waals surface area contributed by atoms with Crippen LogP contribution in [0.25, 0.3) is 0 Å². The van der Waals surface area contributed by atoms with Gasteiger partial charge >= 0.3 is 0 Å². The number of likely N-dealkylation sites (N-methyl/N-ethyl adjacent to an activating group) is 1. The van der Waals surface area contributed by atoms with Crippen LogP contribution in [0.5, 0.6) is 0 Å². The highest BCUT2D eigenvalue weighted by molar-refractivity contribution is 5.75. The number of hydrogen-bond donors (Lipinski definition) is 1. The van der Waals surface area contributed by atoms with E-state index in [1.807, 2.05) is 13.8 Å². The standard InChI is InChI=1S/C12H26N2O2/c1-5-14(6-2)9-8-13-12(15)7-10-16-11(3)4/h11H,5-10H2,1-4H3,(H,13,15). The van der Waals surface area contributed by atoms with E-state index in [4.69, 9.17) is 4.74 Å². The van der Waals surface area contributed by atoms with Crippen molar-refractivity contribution < 1.29 is 9.53 Å². The molecule has 4 nitrogen and oxygen atoms in total. The van der Waals surface area contributed by atoms with Gasteiger partial charge in [0.05, 0.1) is 12.7 Å². The molecule has 0 aromatic carbocycles. The van der Waals surface area contributed by atoms with Gasteiger partial charge in [0.1, 0.15) is 0 Å². The molecule has 1 amide bonds. The lowest BCUT2D eigenvalue weighted by atomic mass is 10.4. The van der Waals surface area contributed by atoms with Crippen LogP contribution in [0.4, 0.5) is 0 Å². The SMILES string of the molecule is CCN(CC)CCNC(=O)CCOC(C)C. The van der Waals surface area contributed by atoms with Crippen molar-refractivity contribution in [1.82, 2.24) is 10.2 Å². The summed E-state index contributed by atoms with van der Waals surface area (Å²) in [6.07, 6.45) is 0.652. The van der Waals surface area contributed by atoms with E-state index < -0.39 is 0 Å². The summed E-state index contributed by atoms with van der Waals surface area (Å²) < 4.78 is 5.31. The molecule has 0 atom stereocenters. The second kappa shape index (κ2) is 9.60. The summed E-state index contributed by atoms with van der Waals surface area (Å²) >= 11 is 0. The fraction of sp³-hybridized carbons (Fsp3) is 0.917. The van der Waals surface area contributed by atoms with Gasteiger partial charge in [-0.1, -0.05) is 13.8 Å². The Labute approximate surface area is 99.3 Å². The zero-order chi connectivity index (χ0) is 12.4. The average Bonchev–Trinajstić information content (AvgIpc) is 2.24. The van der Waals surface area contributed by atoms with Gasteiger partial charge in [0.25, 0.3) is 0 Å². The van der Waals surface area contributed by atoms with Crippen molar-refractivity contribution in [2.24, 2.45) is 0 Å². The van der Waals surface area contributed by atoms with Crippen LogP contribution in [0, 0.1) is 0 Å². The number of nitrogens with one attached hydrogen (secondary N) is 1. The van der Waals surface area contributed by atoms with E-state index >= 15 is 0 Å². The second-order valence-electron chi connectivity index (χ2n) is 4.05. The van der Waals surface area contributed by atoms with E-state index in [1.165, 1.54) is 0 Å². The summed E-state index contributed by atoms with van der Waals surface area (Å²) in [5.41, 5.74) is 0. The van der Waals surface area contributed by atoms with Crippen molar-refractivity contribution in [1.29, 1.82) is 0 Å². The first-order chi connectivity index (χ1) is 7.60. The van der Waals surface area contributed by atoms with Crippen LogP contribution < -0.4 is 5.32 Å². The number of rotatable bonds is 9. The van der Waals surface area contributed by atoms with E-state index in [2.05, 4.69) is 24.1 Å². The number of amides is 1. The number of nitrogens with zero attached hydrogens (tertiary/aromatic N) is 1. The molecule has 0 bridgehead atoms. The summed E-state index contributed by atoms with van der Waals surface area (Å²) in [6.45, 7) is 12.4. The largest absolute Gasteiger partial charge is 0.378 e. The highest BCUT2D eigenvalue weighted by atomic mass is 16.5. The van der Waals surface area contributed by atoms with E-state index in [-0.39, 0.29) is 12.0 Å². The Morgan fingerprint density at radius 1 is 1.31 bits per heavy atom. The Morgan fingerprint density at radius 3 is 2.44 bits per heavy atom. The van der Waals surface area contributed by atoms with Crippen molar-refractivity contribution >= 4 is 5.91 Å². The summed E-state index contributed by atoms with van der Waals surface area (Å²) in [5.74, 6) is 0.0767. The molecule has 0 fully saturated rings. The van der Waals surface area contributed by atoms with Crippen LogP contribution in [-0.2, 0) is 9.53 Å². The third kappa shape index (κ3) is 8.68. The summed E-state index contributed by atoms with van der Waals surface area (Å²) in [5, 5.41) is 2.89. The maximum atomic E-state index is 11.4. The molecule has 0 aromatic heterocycles. The first-order valence-electron chi connectivity index (χ1n) is 6.20. The third-order valence-corrected chi connectivity index (χ3v) is 2.42. The molecule has 0 saturated carbocycles. The van der Waals surface area contributed by atoms with Crippen molar-refractivity contribution in [2.45, 2.75) is 40.2 Å². The first kappa shape index (κ1) is 15.4. The maximum absolute atomic E-state index is 11.4. The van der Waals surface area contributed by atoms with Gasteiger partial charge in [0, 0.05) is 19.5 Å². The molecular formula is C12H26N2O2. The molecule has 0 saturated heterocycles. The van der Waals surface area contributed by atoms with Gasteiger partial charge in [0.2, 0.25) is 5.91 Å². The van der Waals surface area contributed by atoms with Gasteiger partial charge in [-0.15, -0.1) is 0 Å². The van der Waals surface area contributed by atoms with Crippen LogP contribution in [0.3, 0.4) is 0 Å². The highest BCUT2D eigenvalue weighted by Gasteiger charge is 2.03. The topological polar surface area (TPSA) is 41.6 Å². The van der Waals surface area contributed by atoms with Crippen molar-refractivity contribution in [3.63, 3.8) is 0 Å². The molecule has 0 spiro atoms. The molecule has 0 heterocycles. The maximum Gasteiger partial charge on any atom is 0.222 e. The minimum atomic E-state index is 0.0767. The summed E-state index contributed by atoms with van der Waals surface area (Å²) in [7, 11) is 0. The molecule has 4 heteroatoms.